The molecule has 1 aromatic carbocycles. The Labute approximate surface area is 110 Å². The second-order valence-electron chi connectivity index (χ2n) is 4.22. The van der Waals surface area contributed by atoms with Gasteiger partial charge >= 0.3 is 0 Å². The predicted molar refractivity (Wildman–Crippen MR) is 77.0 cm³/mol. The zero-order valence-electron chi connectivity index (χ0n) is 10.9. The van der Waals surface area contributed by atoms with E-state index in [0.29, 0.717) is 0 Å². The molecule has 17 heavy (non-hydrogen) atoms. The topological polar surface area (TPSA) is 15.3 Å². The highest BCUT2D eigenvalue weighted by Crippen LogP contribution is 2.14. The summed E-state index contributed by atoms with van der Waals surface area (Å²) in [6, 6.07) is 7.88. The maximum Gasteiger partial charge on any atom is 0.0426 e. The lowest BCUT2D eigenvalue weighted by molar-refractivity contribution is 0.294. The van der Waals surface area contributed by atoms with Crippen LogP contribution >= 0.6 is 11.6 Å². The van der Waals surface area contributed by atoms with Crippen molar-refractivity contribution in [3.63, 3.8) is 0 Å². The van der Waals surface area contributed by atoms with Crippen LogP contribution in [-0.2, 0) is 0 Å². The van der Waals surface area contributed by atoms with Gasteiger partial charge in [0.25, 0.3) is 0 Å². The van der Waals surface area contributed by atoms with E-state index in [0.717, 1.165) is 30.3 Å². The highest BCUT2D eigenvalue weighted by atomic mass is 35.5. The van der Waals surface area contributed by atoms with Gasteiger partial charge in [-0.1, -0.05) is 37.9 Å². The van der Waals surface area contributed by atoms with E-state index in [-0.39, 0.29) is 0 Å². The largest absolute Gasteiger partial charge is 0.384 e. The third kappa shape index (κ3) is 5.94. The zero-order chi connectivity index (χ0) is 12.5. The van der Waals surface area contributed by atoms with Gasteiger partial charge in [0.05, 0.1) is 0 Å². The van der Waals surface area contributed by atoms with Crippen LogP contribution in [-0.4, -0.2) is 31.1 Å². The second-order valence-corrected chi connectivity index (χ2v) is 4.66. The molecule has 0 aromatic heterocycles. The standard InChI is InChI=1S/C14H23ClN2/c1-3-5-10-17(4-2)11-9-16-14-8-6-7-13(15)12-14/h6-8,12,16H,3-5,9-11H2,1-2H3. The fourth-order valence-electron chi connectivity index (χ4n) is 1.77. The number of anilines is 1. The lowest BCUT2D eigenvalue weighted by Crippen LogP contribution is -2.29. The SMILES string of the molecule is CCCCN(CC)CCNc1cccc(Cl)c1. The van der Waals surface area contributed by atoms with Crippen molar-refractivity contribution in [2.75, 3.05) is 31.5 Å². The van der Waals surface area contributed by atoms with E-state index in [1.165, 1.54) is 19.4 Å². The van der Waals surface area contributed by atoms with E-state index in [4.69, 9.17) is 11.6 Å². The van der Waals surface area contributed by atoms with Crippen LogP contribution in [0.3, 0.4) is 0 Å². The van der Waals surface area contributed by atoms with Crippen molar-refractivity contribution < 1.29 is 0 Å². The highest BCUT2D eigenvalue weighted by Gasteiger charge is 2.00. The van der Waals surface area contributed by atoms with Gasteiger partial charge in [0.15, 0.2) is 0 Å². The van der Waals surface area contributed by atoms with Gasteiger partial charge in [0.2, 0.25) is 0 Å². The average Bonchev–Trinajstić information content (AvgIpc) is 2.33. The average molecular weight is 255 g/mol. The molecule has 2 nitrogen and oxygen atoms in total. The minimum absolute atomic E-state index is 0.785. The summed E-state index contributed by atoms with van der Waals surface area (Å²) in [6.45, 7) is 8.83. The number of halogens is 1. The Balaban J connectivity index is 2.26. The summed E-state index contributed by atoms with van der Waals surface area (Å²) in [4.78, 5) is 2.47. The van der Waals surface area contributed by atoms with Crippen LogP contribution in [0.4, 0.5) is 5.69 Å². The first-order chi connectivity index (χ1) is 8.26. The summed E-state index contributed by atoms with van der Waals surface area (Å²) in [7, 11) is 0. The molecule has 1 aromatic rings. The number of nitrogens with zero attached hydrogens (tertiary/aromatic N) is 1. The molecule has 1 N–H and O–H groups in total. The molecular formula is C14H23ClN2. The Kier molecular flexibility index (Phi) is 7.06. The molecule has 0 bridgehead atoms. The van der Waals surface area contributed by atoms with Gasteiger partial charge in [0, 0.05) is 23.8 Å². The van der Waals surface area contributed by atoms with Gasteiger partial charge in [-0.2, -0.15) is 0 Å². The Morgan fingerprint density at radius 2 is 2.06 bits per heavy atom. The molecule has 0 spiro atoms. The van der Waals surface area contributed by atoms with Crippen LogP contribution in [0, 0.1) is 0 Å². The van der Waals surface area contributed by atoms with Gasteiger partial charge in [-0.15, -0.1) is 0 Å². The summed E-state index contributed by atoms with van der Waals surface area (Å²) in [5.41, 5.74) is 1.10. The van der Waals surface area contributed by atoms with E-state index in [1.807, 2.05) is 24.3 Å². The van der Waals surface area contributed by atoms with Gasteiger partial charge in [-0.25, -0.2) is 0 Å². The van der Waals surface area contributed by atoms with Crippen molar-refractivity contribution in [3.8, 4) is 0 Å². The van der Waals surface area contributed by atoms with Crippen LogP contribution in [0.5, 0.6) is 0 Å². The van der Waals surface area contributed by atoms with E-state index in [2.05, 4.69) is 24.1 Å². The van der Waals surface area contributed by atoms with Crippen LogP contribution in [0.1, 0.15) is 26.7 Å². The molecule has 0 amide bonds. The first kappa shape index (κ1) is 14.3. The fraction of sp³-hybridized carbons (Fsp3) is 0.571. The van der Waals surface area contributed by atoms with Gasteiger partial charge in [0.1, 0.15) is 0 Å². The molecule has 0 aliphatic heterocycles. The van der Waals surface area contributed by atoms with Crippen LogP contribution in [0.15, 0.2) is 24.3 Å². The molecule has 0 unspecified atom stereocenters. The molecule has 0 saturated carbocycles. The zero-order valence-corrected chi connectivity index (χ0v) is 11.6. The molecule has 0 atom stereocenters. The molecule has 0 saturated heterocycles. The smallest absolute Gasteiger partial charge is 0.0426 e. The number of unbranched alkanes of at least 4 members (excludes halogenated alkanes) is 1. The minimum Gasteiger partial charge on any atom is -0.384 e. The van der Waals surface area contributed by atoms with Gasteiger partial charge in [-0.3, -0.25) is 0 Å². The molecule has 1 rings (SSSR count). The van der Waals surface area contributed by atoms with Crippen molar-refractivity contribution in [2.45, 2.75) is 26.7 Å². The van der Waals surface area contributed by atoms with Gasteiger partial charge in [-0.05, 0) is 37.7 Å². The lowest BCUT2D eigenvalue weighted by Gasteiger charge is -2.20. The highest BCUT2D eigenvalue weighted by molar-refractivity contribution is 6.30. The number of likely N-dealkylation sites (N-methyl/N-ethyl adjacent to an activating group) is 1. The third-order valence-corrected chi connectivity index (χ3v) is 3.09. The Morgan fingerprint density at radius 1 is 1.24 bits per heavy atom. The number of hydrogen-bond donors (Lipinski definition) is 1. The molecule has 96 valence electrons. The molecule has 0 aliphatic rings. The molecule has 0 radical (unpaired) electrons. The summed E-state index contributed by atoms with van der Waals surface area (Å²) in [6.07, 6.45) is 2.54. The molecular weight excluding hydrogens is 232 g/mol. The molecule has 3 heteroatoms. The number of nitrogens with one attached hydrogen (secondary N) is 1. The van der Waals surface area contributed by atoms with Crippen LogP contribution in [0.2, 0.25) is 5.02 Å². The lowest BCUT2D eigenvalue weighted by atomic mass is 10.3. The van der Waals surface area contributed by atoms with Gasteiger partial charge < -0.3 is 10.2 Å². The number of hydrogen-bond acceptors (Lipinski definition) is 2. The minimum atomic E-state index is 0.785. The fourth-order valence-corrected chi connectivity index (χ4v) is 1.96. The van der Waals surface area contributed by atoms with E-state index < -0.39 is 0 Å². The van der Waals surface area contributed by atoms with Crippen molar-refractivity contribution >= 4 is 17.3 Å². The van der Waals surface area contributed by atoms with Crippen molar-refractivity contribution in [1.29, 1.82) is 0 Å². The Morgan fingerprint density at radius 3 is 2.71 bits per heavy atom. The van der Waals surface area contributed by atoms with Crippen molar-refractivity contribution in [1.82, 2.24) is 4.90 Å². The van der Waals surface area contributed by atoms with Crippen molar-refractivity contribution in [2.24, 2.45) is 0 Å². The molecule has 0 heterocycles. The second kappa shape index (κ2) is 8.37. The normalized spacial score (nSPS) is 10.8. The summed E-state index contributed by atoms with van der Waals surface area (Å²) in [5.74, 6) is 0. The van der Waals surface area contributed by atoms with Crippen molar-refractivity contribution in [3.05, 3.63) is 29.3 Å². The summed E-state index contributed by atoms with van der Waals surface area (Å²) in [5, 5.41) is 4.19. The maximum absolute atomic E-state index is 5.93. The number of benzene rings is 1. The van der Waals surface area contributed by atoms with E-state index in [1.54, 1.807) is 0 Å². The quantitative estimate of drug-likeness (QED) is 0.758. The summed E-state index contributed by atoms with van der Waals surface area (Å²) < 4.78 is 0. The maximum atomic E-state index is 5.93. The Hall–Kier alpha value is -0.730. The summed E-state index contributed by atoms with van der Waals surface area (Å²) >= 11 is 5.93. The van der Waals surface area contributed by atoms with E-state index in [9.17, 15) is 0 Å². The first-order valence-corrected chi connectivity index (χ1v) is 6.85. The van der Waals surface area contributed by atoms with E-state index >= 15 is 0 Å². The monoisotopic (exact) mass is 254 g/mol. The first-order valence-electron chi connectivity index (χ1n) is 6.48. The van der Waals surface area contributed by atoms with Crippen LogP contribution in [0.25, 0.3) is 0 Å². The number of rotatable bonds is 8. The molecule has 0 fully saturated rings. The third-order valence-electron chi connectivity index (χ3n) is 2.86. The predicted octanol–water partition coefficient (Wildman–Crippen LogP) is 3.87. The Bertz CT molecular complexity index is 315. The molecule has 0 aliphatic carbocycles. The van der Waals surface area contributed by atoms with Crippen LogP contribution < -0.4 is 5.32 Å².